The van der Waals surface area contributed by atoms with Crippen LogP contribution in [0.4, 0.5) is 11.5 Å². The number of aromatic nitrogens is 1. The number of nitrogens with one attached hydrogen (secondary N) is 1. The summed E-state index contributed by atoms with van der Waals surface area (Å²) in [7, 11) is 0. The predicted molar refractivity (Wildman–Crippen MR) is 81.9 cm³/mol. The molecule has 114 valence electrons. The molecule has 0 amide bonds. The van der Waals surface area contributed by atoms with Crippen LogP contribution in [-0.2, 0) is 0 Å². The molecule has 1 saturated carbocycles. The minimum Gasteiger partial charge on any atom is -0.355 e. The van der Waals surface area contributed by atoms with Crippen molar-refractivity contribution < 1.29 is 4.92 Å². The molecule has 2 aliphatic rings. The number of anilines is 1. The van der Waals surface area contributed by atoms with E-state index in [0.717, 1.165) is 38.4 Å². The van der Waals surface area contributed by atoms with Crippen LogP contribution >= 0.6 is 11.6 Å². The van der Waals surface area contributed by atoms with Gasteiger partial charge in [-0.15, -0.1) is 0 Å². The van der Waals surface area contributed by atoms with Crippen LogP contribution in [0.1, 0.15) is 25.7 Å². The second-order valence-corrected chi connectivity index (χ2v) is 6.28. The summed E-state index contributed by atoms with van der Waals surface area (Å²) in [5, 5.41) is 14.7. The van der Waals surface area contributed by atoms with Crippen molar-refractivity contribution in [1.82, 2.24) is 10.3 Å². The van der Waals surface area contributed by atoms with Crippen LogP contribution in [0, 0.1) is 16.0 Å². The number of rotatable bonds is 5. The van der Waals surface area contributed by atoms with Crippen LogP contribution in [0.25, 0.3) is 0 Å². The molecule has 0 spiro atoms. The van der Waals surface area contributed by atoms with Gasteiger partial charge in [0.15, 0.2) is 0 Å². The molecule has 6 nitrogen and oxygen atoms in total. The molecule has 0 unspecified atom stereocenters. The Kier molecular flexibility index (Phi) is 4.26. The molecule has 1 aromatic rings. The number of piperidine rings is 1. The van der Waals surface area contributed by atoms with Crippen molar-refractivity contribution in [2.75, 3.05) is 24.5 Å². The first kappa shape index (κ1) is 14.5. The van der Waals surface area contributed by atoms with Gasteiger partial charge in [-0.1, -0.05) is 11.6 Å². The third-order valence-electron chi connectivity index (χ3n) is 4.20. The van der Waals surface area contributed by atoms with Crippen molar-refractivity contribution in [1.29, 1.82) is 0 Å². The van der Waals surface area contributed by atoms with Gasteiger partial charge in [0, 0.05) is 25.2 Å². The van der Waals surface area contributed by atoms with E-state index in [1.807, 2.05) is 0 Å². The molecule has 1 aliphatic carbocycles. The van der Waals surface area contributed by atoms with Crippen molar-refractivity contribution in [3.63, 3.8) is 0 Å². The van der Waals surface area contributed by atoms with E-state index < -0.39 is 4.92 Å². The SMILES string of the molecule is O=[N+]([O-])c1cnc(N2CCC(NCC3CC3)CC2)c(Cl)c1. The van der Waals surface area contributed by atoms with Gasteiger partial charge in [0.05, 0.1) is 9.95 Å². The number of pyridine rings is 1. The molecule has 2 heterocycles. The number of hydrogen-bond donors (Lipinski definition) is 1. The molecular weight excluding hydrogens is 292 g/mol. The Morgan fingerprint density at radius 3 is 2.67 bits per heavy atom. The van der Waals surface area contributed by atoms with E-state index in [4.69, 9.17) is 11.6 Å². The molecule has 0 bridgehead atoms. The molecule has 21 heavy (non-hydrogen) atoms. The topological polar surface area (TPSA) is 71.3 Å². The van der Waals surface area contributed by atoms with Crippen molar-refractivity contribution in [2.45, 2.75) is 31.7 Å². The lowest BCUT2D eigenvalue weighted by Gasteiger charge is -2.33. The van der Waals surface area contributed by atoms with Gasteiger partial charge in [0.2, 0.25) is 0 Å². The third-order valence-corrected chi connectivity index (χ3v) is 4.48. The average molecular weight is 311 g/mol. The normalized spacial score (nSPS) is 19.8. The molecular formula is C14H19ClN4O2. The van der Waals surface area contributed by atoms with E-state index in [-0.39, 0.29) is 5.69 Å². The van der Waals surface area contributed by atoms with E-state index in [1.165, 1.54) is 25.1 Å². The van der Waals surface area contributed by atoms with Crippen molar-refractivity contribution in [3.8, 4) is 0 Å². The summed E-state index contributed by atoms with van der Waals surface area (Å²) in [5.74, 6) is 1.55. The lowest BCUT2D eigenvalue weighted by molar-refractivity contribution is -0.385. The first-order valence-electron chi connectivity index (χ1n) is 7.42. The summed E-state index contributed by atoms with van der Waals surface area (Å²) in [4.78, 5) is 16.5. The molecule has 3 rings (SSSR count). The Bertz CT molecular complexity index is 528. The number of hydrogen-bond acceptors (Lipinski definition) is 5. The Morgan fingerprint density at radius 2 is 2.10 bits per heavy atom. The summed E-state index contributed by atoms with van der Waals surface area (Å²) in [6.45, 7) is 2.90. The quantitative estimate of drug-likeness (QED) is 0.668. The largest absolute Gasteiger partial charge is 0.355 e. The van der Waals surface area contributed by atoms with Gasteiger partial charge in [0.25, 0.3) is 5.69 Å². The summed E-state index contributed by atoms with van der Waals surface area (Å²) >= 11 is 6.13. The highest BCUT2D eigenvalue weighted by molar-refractivity contribution is 6.33. The van der Waals surface area contributed by atoms with Gasteiger partial charge in [-0.25, -0.2) is 4.98 Å². The minimum atomic E-state index is -0.476. The van der Waals surface area contributed by atoms with Crippen molar-refractivity contribution >= 4 is 23.1 Å². The van der Waals surface area contributed by atoms with E-state index in [2.05, 4.69) is 15.2 Å². The van der Waals surface area contributed by atoms with E-state index in [0.29, 0.717) is 16.9 Å². The highest BCUT2D eigenvalue weighted by Crippen LogP contribution is 2.30. The zero-order valence-corrected chi connectivity index (χ0v) is 12.6. The van der Waals surface area contributed by atoms with Crippen LogP contribution < -0.4 is 10.2 Å². The molecule has 1 saturated heterocycles. The minimum absolute atomic E-state index is 0.0651. The Morgan fingerprint density at radius 1 is 1.38 bits per heavy atom. The van der Waals surface area contributed by atoms with Crippen molar-refractivity contribution in [2.24, 2.45) is 5.92 Å². The molecule has 2 fully saturated rings. The second-order valence-electron chi connectivity index (χ2n) is 5.87. The molecule has 1 aromatic heterocycles. The maximum atomic E-state index is 10.7. The van der Waals surface area contributed by atoms with E-state index >= 15 is 0 Å². The smallest absolute Gasteiger partial charge is 0.289 e. The fourth-order valence-corrected chi connectivity index (χ4v) is 2.98. The molecule has 0 aromatic carbocycles. The monoisotopic (exact) mass is 310 g/mol. The van der Waals surface area contributed by atoms with Crippen molar-refractivity contribution in [3.05, 3.63) is 27.4 Å². The van der Waals surface area contributed by atoms with Gasteiger partial charge in [-0.3, -0.25) is 10.1 Å². The van der Waals surface area contributed by atoms with Crippen LogP contribution in [0.5, 0.6) is 0 Å². The maximum Gasteiger partial charge on any atom is 0.289 e. The zero-order chi connectivity index (χ0) is 14.8. The Hall–Kier alpha value is -1.40. The predicted octanol–water partition coefficient (Wildman–Crippen LogP) is 2.61. The Balaban J connectivity index is 1.57. The van der Waals surface area contributed by atoms with Crippen LogP contribution in [-0.4, -0.2) is 35.6 Å². The van der Waals surface area contributed by atoms with Gasteiger partial charge >= 0.3 is 0 Å². The third kappa shape index (κ3) is 3.63. The zero-order valence-electron chi connectivity index (χ0n) is 11.8. The Labute approximate surface area is 128 Å². The van der Waals surface area contributed by atoms with Crippen LogP contribution in [0.2, 0.25) is 5.02 Å². The van der Waals surface area contributed by atoms with Crippen LogP contribution in [0.3, 0.4) is 0 Å². The number of nitro groups is 1. The first-order chi connectivity index (χ1) is 10.1. The molecule has 1 N–H and O–H groups in total. The maximum absolute atomic E-state index is 10.7. The lowest BCUT2D eigenvalue weighted by Crippen LogP contribution is -2.43. The molecule has 1 aliphatic heterocycles. The average Bonchev–Trinajstić information content (AvgIpc) is 3.30. The van der Waals surface area contributed by atoms with E-state index in [9.17, 15) is 10.1 Å². The summed E-state index contributed by atoms with van der Waals surface area (Å²) < 4.78 is 0. The highest BCUT2D eigenvalue weighted by atomic mass is 35.5. The standard InChI is InChI=1S/C14H19ClN4O2/c15-13-7-12(19(20)21)9-17-14(13)18-5-3-11(4-6-18)16-8-10-1-2-10/h7,9-11,16H,1-6,8H2. The summed E-state index contributed by atoms with van der Waals surface area (Å²) in [6.07, 6.45) is 6.13. The number of halogens is 1. The van der Waals surface area contributed by atoms with Crippen LogP contribution in [0.15, 0.2) is 12.3 Å². The van der Waals surface area contributed by atoms with Gasteiger partial charge < -0.3 is 10.2 Å². The van der Waals surface area contributed by atoms with Gasteiger partial charge in [0.1, 0.15) is 12.0 Å². The molecule has 7 heteroatoms. The highest BCUT2D eigenvalue weighted by Gasteiger charge is 2.25. The van der Waals surface area contributed by atoms with E-state index in [1.54, 1.807) is 0 Å². The fraction of sp³-hybridized carbons (Fsp3) is 0.643. The first-order valence-corrected chi connectivity index (χ1v) is 7.79. The number of nitrogens with zero attached hydrogens (tertiary/aromatic N) is 3. The summed E-state index contributed by atoms with van der Waals surface area (Å²) in [5.41, 5.74) is -0.0651. The lowest BCUT2D eigenvalue weighted by atomic mass is 10.0. The molecule has 0 atom stereocenters. The fourth-order valence-electron chi connectivity index (χ4n) is 2.70. The van der Waals surface area contributed by atoms with Gasteiger partial charge in [-0.2, -0.15) is 0 Å². The second kappa shape index (κ2) is 6.15. The molecule has 0 radical (unpaired) electrons. The summed E-state index contributed by atoms with van der Waals surface area (Å²) in [6, 6.07) is 1.94. The van der Waals surface area contributed by atoms with Gasteiger partial charge in [-0.05, 0) is 38.1 Å².